The van der Waals surface area contributed by atoms with Crippen molar-refractivity contribution in [1.82, 2.24) is 16.0 Å². The number of hydrogen-bond acceptors (Lipinski definition) is 7. The van der Waals surface area contributed by atoms with Gasteiger partial charge in [-0.15, -0.1) is 0 Å². The first-order valence-corrected chi connectivity index (χ1v) is 10.9. The quantitative estimate of drug-likeness (QED) is 0.193. The van der Waals surface area contributed by atoms with E-state index in [0.29, 0.717) is 6.42 Å². The molecule has 0 aromatic heterocycles. The number of aliphatic carboxylic acids is 1. The fourth-order valence-corrected chi connectivity index (χ4v) is 2.89. The highest BCUT2D eigenvalue weighted by atomic mass is 32.1. The van der Waals surface area contributed by atoms with E-state index in [-0.39, 0.29) is 29.8 Å². The second-order valence-electron chi connectivity index (χ2n) is 7.43. The Morgan fingerprint density at radius 2 is 1.45 bits per heavy atom. The highest BCUT2D eigenvalue weighted by molar-refractivity contribution is 7.80. The van der Waals surface area contributed by atoms with Crippen LogP contribution < -0.4 is 21.7 Å². The van der Waals surface area contributed by atoms with E-state index in [1.54, 1.807) is 6.92 Å². The van der Waals surface area contributed by atoms with Crippen molar-refractivity contribution >= 4 is 48.9 Å². The number of carboxylic acid groups (broad SMARTS) is 1. The van der Waals surface area contributed by atoms with E-state index in [1.165, 1.54) is 0 Å². The molecule has 0 aliphatic carbocycles. The van der Waals surface area contributed by atoms with Crippen molar-refractivity contribution in [2.75, 3.05) is 11.5 Å². The first-order valence-electron chi connectivity index (χ1n) is 9.59. The van der Waals surface area contributed by atoms with Crippen LogP contribution in [0.25, 0.3) is 0 Å². The van der Waals surface area contributed by atoms with Gasteiger partial charge in [0, 0.05) is 11.5 Å². The lowest BCUT2D eigenvalue weighted by Crippen LogP contribution is -2.59. The number of amides is 3. The van der Waals surface area contributed by atoms with Gasteiger partial charge in [-0.3, -0.25) is 14.4 Å². The standard InChI is InChI=1S/C18H34N4O5S2/c1-5-10(4)14(22-15(23)11(19)7-28)17(25)21-13(8-29)16(24)20-12(18(26)27)6-9(2)3/h9-14,28-29H,5-8,19H2,1-4H3,(H,20,24)(H,21,25)(H,22,23)(H,26,27). The van der Waals surface area contributed by atoms with Gasteiger partial charge in [-0.05, 0) is 18.3 Å². The smallest absolute Gasteiger partial charge is 0.326 e. The van der Waals surface area contributed by atoms with Crippen LogP contribution in [0.3, 0.4) is 0 Å². The molecule has 0 aromatic carbocycles. The molecule has 5 atom stereocenters. The van der Waals surface area contributed by atoms with Gasteiger partial charge in [-0.1, -0.05) is 34.1 Å². The maximum Gasteiger partial charge on any atom is 0.326 e. The zero-order valence-electron chi connectivity index (χ0n) is 17.3. The van der Waals surface area contributed by atoms with Crippen molar-refractivity contribution in [3.8, 4) is 0 Å². The van der Waals surface area contributed by atoms with Gasteiger partial charge in [-0.2, -0.15) is 25.3 Å². The van der Waals surface area contributed by atoms with Crippen LogP contribution in [0.15, 0.2) is 0 Å². The first-order chi connectivity index (χ1) is 13.5. The third kappa shape index (κ3) is 9.72. The molecule has 9 nitrogen and oxygen atoms in total. The number of carboxylic acids is 1. The molecule has 168 valence electrons. The van der Waals surface area contributed by atoms with Crippen LogP contribution in [-0.4, -0.2) is 64.5 Å². The minimum absolute atomic E-state index is 0.0388. The van der Waals surface area contributed by atoms with Crippen molar-refractivity contribution in [2.45, 2.75) is 64.7 Å². The van der Waals surface area contributed by atoms with Gasteiger partial charge in [0.05, 0.1) is 6.04 Å². The number of nitrogens with one attached hydrogen (secondary N) is 3. The van der Waals surface area contributed by atoms with Gasteiger partial charge >= 0.3 is 5.97 Å². The molecule has 0 aliphatic rings. The lowest BCUT2D eigenvalue weighted by Gasteiger charge is -2.27. The Labute approximate surface area is 183 Å². The molecule has 0 spiro atoms. The van der Waals surface area contributed by atoms with E-state index >= 15 is 0 Å². The van der Waals surface area contributed by atoms with Crippen molar-refractivity contribution in [1.29, 1.82) is 0 Å². The van der Waals surface area contributed by atoms with Crippen LogP contribution in [0, 0.1) is 11.8 Å². The van der Waals surface area contributed by atoms with E-state index in [0.717, 1.165) is 0 Å². The Morgan fingerprint density at radius 1 is 0.897 bits per heavy atom. The summed E-state index contributed by atoms with van der Waals surface area (Å²) >= 11 is 8.07. The maximum atomic E-state index is 12.7. The Kier molecular flexibility index (Phi) is 13.0. The summed E-state index contributed by atoms with van der Waals surface area (Å²) < 4.78 is 0. The topological polar surface area (TPSA) is 151 Å². The number of hydrogen-bond donors (Lipinski definition) is 7. The zero-order valence-corrected chi connectivity index (χ0v) is 19.1. The normalized spacial score (nSPS) is 16.3. The molecule has 0 radical (unpaired) electrons. The summed E-state index contributed by atoms with van der Waals surface area (Å²) in [6, 6.07) is -3.89. The summed E-state index contributed by atoms with van der Waals surface area (Å²) in [7, 11) is 0. The van der Waals surface area contributed by atoms with E-state index in [9.17, 15) is 24.3 Å². The van der Waals surface area contributed by atoms with Crippen LogP contribution >= 0.6 is 25.3 Å². The fraction of sp³-hybridized carbons (Fsp3) is 0.778. The summed E-state index contributed by atoms with van der Waals surface area (Å²) in [5, 5.41) is 16.9. The predicted octanol–water partition coefficient (Wildman–Crippen LogP) is -0.195. The van der Waals surface area contributed by atoms with Gasteiger partial charge in [-0.25, -0.2) is 4.79 Å². The van der Waals surface area contributed by atoms with Crippen molar-refractivity contribution in [3.05, 3.63) is 0 Å². The van der Waals surface area contributed by atoms with Gasteiger partial charge in [0.1, 0.15) is 18.1 Å². The molecule has 0 saturated heterocycles. The molecular formula is C18H34N4O5S2. The van der Waals surface area contributed by atoms with Gasteiger partial charge in [0.25, 0.3) is 0 Å². The summed E-state index contributed by atoms with van der Waals surface area (Å²) in [4.78, 5) is 48.7. The third-order valence-electron chi connectivity index (χ3n) is 4.46. The average molecular weight is 451 g/mol. The van der Waals surface area contributed by atoms with Gasteiger partial charge in [0.15, 0.2) is 0 Å². The summed E-state index contributed by atoms with van der Waals surface area (Å²) in [5.41, 5.74) is 5.65. The minimum atomic E-state index is -1.15. The Hall–Kier alpha value is -1.46. The Bertz CT molecular complexity index is 576. The molecule has 0 heterocycles. The second kappa shape index (κ2) is 13.7. The van der Waals surface area contributed by atoms with E-state index in [4.69, 9.17) is 5.73 Å². The summed E-state index contributed by atoms with van der Waals surface area (Å²) in [6.45, 7) is 7.33. The van der Waals surface area contributed by atoms with Crippen LogP contribution in [0.1, 0.15) is 40.5 Å². The monoisotopic (exact) mass is 450 g/mol. The lowest BCUT2D eigenvalue weighted by atomic mass is 9.97. The summed E-state index contributed by atoms with van der Waals surface area (Å²) in [6.07, 6.45) is 0.850. The number of thiol groups is 2. The minimum Gasteiger partial charge on any atom is -0.480 e. The third-order valence-corrected chi connectivity index (χ3v) is 5.22. The highest BCUT2D eigenvalue weighted by Gasteiger charge is 2.31. The van der Waals surface area contributed by atoms with Crippen LogP contribution in [-0.2, 0) is 19.2 Å². The summed E-state index contributed by atoms with van der Waals surface area (Å²) in [5.74, 6) is -2.97. The number of nitrogens with two attached hydrogens (primary N) is 1. The molecule has 0 bridgehead atoms. The first kappa shape index (κ1) is 27.5. The lowest BCUT2D eigenvalue weighted by molar-refractivity contribution is -0.142. The van der Waals surface area contributed by atoms with E-state index < -0.39 is 47.9 Å². The zero-order chi connectivity index (χ0) is 22.7. The molecule has 5 unspecified atom stereocenters. The molecular weight excluding hydrogens is 416 g/mol. The molecule has 0 aliphatic heterocycles. The van der Waals surface area contributed by atoms with E-state index in [2.05, 4.69) is 41.2 Å². The maximum absolute atomic E-state index is 12.7. The molecule has 11 heteroatoms. The van der Waals surface area contributed by atoms with E-state index in [1.807, 2.05) is 20.8 Å². The van der Waals surface area contributed by atoms with Gasteiger partial charge in [0.2, 0.25) is 17.7 Å². The Balaban J connectivity index is 5.24. The molecule has 0 aromatic rings. The second-order valence-corrected chi connectivity index (χ2v) is 8.16. The number of carbonyl (C=O) groups is 4. The van der Waals surface area contributed by atoms with Crippen molar-refractivity contribution in [3.63, 3.8) is 0 Å². The molecule has 6 N–H and O–H groups in total. The van der Waals surface area contributed by atoms with Crippen molar-refractivity contribution in [2.24, 2.45) is 17.6 Å². The number of rotatable bonds is 13. The molecule has 29 heavy (non-hydrogen) atoms. The SMILES string of the molecule is CCC(C)C(NC(=O)C(N)CS)C(=O)NC(CS)C(=O)NC(CC(C)C)C(=O)O. The van der Waals surface area contributed by atoms with Crippen LogP contribution in [0.2, 0.25) is 0 Å². The fourth-order valence-electron chi connectivity index (χ4n) is 2.47. The van der Waals surface area contributed by atoms with Crippen molar-refractivity contribution < 1.29 is 24.3 Å². The number of carbonyl (C=O) groups excluding carboxylic acids is 3. The molecule has 3 amide bonds. The predicted molar refractivity (Wildman–Crippen MR) is 118 cm³/mol. The van der Waals surface area contributed by atoms with Gasteiger partial charge < -0.3 is 26.8 Å². The largest absolute Gasteiger partial charge is 0.480 e. The Morgan fingerprint density at radius 3 is 1.86 bits per heavy atom. The molecule has 0 fully saturated rings. The highest BCUT2D eigenvalue weighted by Crippen LogP contribution is 2.10. The molecule has 0 rings (SSSR count). The molecule has 0 saturated carbocycles. The van der Waals surface area contributed by atoms with Crippen LogP contribution in [0.4, 0.5) is 0 Å². The average Bonchev–Trinajstić information content (AvgIpc) is 2.67. The van der Waals surface area contributed by atoms with Crippen LogP contribution in [0.5, 0.6) is 0 Å².